The zero-order valence-corrected chi connectivity index (χ0v) is 10.2. The topological polar surface area (TPSA) is 50.9 Å². The monoisotopic (exact) mass is 227 g/mol. The molecule has 1 aromatic carbocycles. The Labute approximate surface area is 102 Å². The van der Waals surface area contributed by atoms with Gasteiger partial charge in [0.2, 0.25) is 0 Å². The number of nitrogens with zero attached hydrogens (tertiary/aromatic N) is 1. The number of nitrogens with one attached hydrogen (secondary N) is 1. The van der Waals surface area contributed by atoms with Gasteiger partial charge in [0.25, 0.3) is 0 Å². The van der Waals surface area contributed by atoms with Gasteiger partial charge >= 0.3 is 0 Å². The summed E-state index contributed by atoms with van der Waals surface area (Å²) >= 11 is 0. The second-order valence-electron chi connectivity index (χ2n) is 4.09. The largest absolute Gasteiger partial charge is 0.340 e. The highest BCUT2D eigenvalue weighted by molar-refractivity contribution is 5.63. The maximum atomic E-state index is 5.69. The predicted molar refractivity (Wildman–Crippen MR) is 71.3 cm³/mol. The quantitative estimate of drug-likeness (QED) is 0.847. The SMILES string of the molecule is Cc1cccc(Nc2ncccc2CN)c1C. The summed E-state index contributed by atoms with van der Waals surface area (Å²) in [6.45, 7) is 4.69. The molecule has 0 spiro atoms. The van der Waals surface area contributed by atoms with E-state index in [4.69, 9.17) is 5.73 Å². The van der Waals surface area contributed by atoms with Crippen molar-refractivity contribution in [3.63, 3.8) is 0 Å². The van der Waals surface area contributed by atoms with Gasteiger partial charge in [-0.3, -0.25) is 0 Å². The van der Waals surface area contributed by atoms with E-state index in [9.17, 15) is 0 Å². The predicted octanol–water partition coefficient (Wildman–Crippen LogP) is 2.90. The highest BCUT2D eigenvalue weighted by atomic mass is 15.0. The molecule has 3 heteroatoms. The molecule has 1 heterocycles. The first-order valence-corrected chi connectivity index (χ1v) is 5.69. The van der Waals surface area contributed by atoms with Crippen LogP contribution in [0.5, 0.6) is 0 Å². The second kappa shape index (κ2) is 4.97. The molecule has 1 aromatic heterocycles. The van der Waals surface area contributed by atoms with E-state index in [2.05, 4.69) is 36.3 Å². The third-order valence-corrected chi connectivity index (χ3v) is 2.97. The lowest BCUT2D eigenvalue weighted by molar-refractivity contribution is 1.05. The molecule has 0 unspecified atom stereocenters. The lowest BCUT2D eigenvalue weighted by Gasteiger charge is -2.13. The molecular formula is C14H17N3. The molecule has 0 fully saturated rings. The Morgan fingerprint density at radius 1 is 1.18 bits per heavy atom. The fraction of sp³-hybridized carbons (Fsp3) is 0.214. The molecule has 2 aromatic rings. The smallest absolute Gasteiger partial charge is 0.134 e. The lowest BCUT2D eigenvalue weighted by atomic mass is 10.1. The summed E-state index contributed by atoms with van der Waals surface area (Å²) in [7, 11) is 0. The molecule has 3 N–H and O–H groups in total. The molecule has 0 saturated heterocycles. The Morgan fingerprint density at radius 2 is 2.00 bits per heavy atom. The van der Waals surface area contributed by atoms with Crippen LogP contribution in [0, 0.1) is 13.8 Å². The number of aryl methyl sites for hydroxylation is 1. The second-order valence-corrected chi connectivity index (χ2v) is 4.09. The number of benzene rings is 1. The molecular weight excluding hydrogens is 210 g/mol. The summed E-state index contributed by atoms with van der Waals surface area (Å²) in [6.07, 6.45) is 1.77. The Bertz CT molecular complexity index is 521. The van der Waals surface area contributed by atoms with Crippen molar-refractivity contribution < 1.29 is 0 Å². The molecule has 0 radical (unpaired) electrons. The van der Waals surface area contributed by atoms with Crippen molar-refractivity contribution in [2.75, 3.05) is 5.32 Å². The summed E-state index contributed by atoms with van der Waals surface area (Å²) in [6, 6.07) is 10.1. The number of rotatable bonds is 3. The van der Waals surface area contributed by atoms with Gasteiger partial charge in [0.1, 0.15) is 5.82 Å². The summed E-state index contributed by atoms with van der Waals surface area (Å²) in [4.78, 5) is 4.32. The maximum absolute atomic E-state index is 5.69. The number of aromatic nitrogens is 1. The highest BCUT2D eigenvalue weighted by Crippen LogP contribution is 2.23. The number of hydrogen-bond acceptors (Lipinski definition) is 3. The van der Waals surface area contributed by atoms with Gasteiger partial charge in [-0.2, -0.15) is 0 Å². The zero-order chi connectivity index (χ0) is 12.3. The van der Waals surface area contributed by atoms with Crippen molar-refractivity contribution in [2.24, 2.45) is 5.73 Å². The fourth-order valence-electron chi connectivity index (χ4n) is 1.73. The van der Waals surface area contributed by atoms with Gasteiger partial charge in [-0.1, -0.05) is 18.2 Å². The van der Waals surface area contributed by atoms with Gasteiger partial charge in [-0.15, -0.1) is 0 Å². The van der Waals surface area contributed by atoms with Crippen LogP contribution in [-0.2, 0) is 6.54 Å². The average molecular weight is 227 g/mol. The summed E-state index contributed by atoms with van der Waals surface area (Å²) in [5.41, 5.74) is 10.3. The van der Waals surface area contributed by atoms with Crippen LogP contribution < -0.4 is 11.1 Å². The van der Waals surface area contributed by atoms with Crippen molar-refractivity contribution in [3.8, 4) is 0 Å². The van der Waals surface area contributed by atoms with Crippen LogP contribution in [0.3, 0.4) is 0 Å². The Morgan fingerprint density at radius 3 is 2.76 bits per heavy atom. The normalized spacial score (nSPS) is 10.3. The van der Waals surface area contributed by atoms with Gasteiger partial charge in [-0.25, -0.2) is 4.98 Å². The number of anilines is 2. The standard InChI is InChI=1S/C14H17N3/c1-10-5-3-7-13(11(10)2)17-14-12(9-15)6-4-8-16-14/h3-8H,9,15H2,1-2H3,(H,16,17). The first kappa shape index (κ1) is 11.6. The molecule has 0 bridgehead atoms. The van der Waals surface area contributed by atoms with Crippen LogP contribution >= 0.6 is 0 Å². The zero-order valence-electron chi connectivity index (χ0n) is 10.2. The maximum Gasteiger partial charge on any atom is 0.134 e. The summed E-state index contributed by atoms with van der Waals surface area (Å²) in [5, 5.41) is 3.34. The van der Waals surface area contributed by atoms with Gasteiger partial charge in [0.15, 0.2) is 0 Å². The van der Waals surface area contributed by atoms with E-state index in [1.54, 1.807) is 6.20 Å². The minimum Gasteiger partial charge on any atom is -0.340 e. The van der Waals surface area contributed by atoms with Crippen molar-refractivity contribution in [2.45, 2.75) is 20.4 Å². The molecule has 0 aliphatic carbocycles. The molecule has 0 amide bonds. The van der Waals surface area contributed by atoms with Crippen molar-refractivity contribution >= 4 is 11.5 Å². The third-order valence-electron chi connectivity index (χ3n) is 2.97. The minimum absolute atomic E-state index is 0.487. The van der Waals surface area contributed by atoms with Crippen LogP contribution in [0.15, 0.2) is 36.5 Å². The molecule has 3 nitrogen and oxygen atoms in total. The molecule has 0 aliphatic heterocycles. The van der Waals surface area contributed by atoms with Crippen molar-refractivity contribution in [1.82, 2.24) is 4.98 Å². The van der Waals surface area contributed by atoms with E-state index < -0.39 is 0 Å². The van der Waals surface area contributed by atoms with Crippen molar-refractivity contribution in [1.29, 1.82) is 0 Å². The van der Waals surface area contributed by atoms with E-state index in [0.29, 0.717) is 6.54 Å². The van der Waals surface area contributed by atoms with Crippen LogP contribution in [0.25, 0.3) is 0 Å². The van der Waals surface area contributed by atoms with E-state index in [-0.39, 0.29) is 0 Å². The Balaban J connectivity index is 2.35. The van der Waals surface area contributed by atoms with E-state index in [1.807, 2.05) is 18.2 Å². The summed E-state index contributed by atoms with van der Waals surface area (Å²) in [5.74, 6) is 0.837. The highest BCUT2D eigenvalue weighted by Gasteiger charge is 2.04. The lowest BCUT2D eigenvalue weighted by Crippen LogP contribution is -2.04. The van der Waals surface area contributed by atoms with Crippen LogP contribution in [-0.4, -0.2) is 4.98 Å². The fourth-order valence-corrected chi connectivity index (χ4v) is 1.73. The van der Waals surface area contributed by atoms with E-state index in [1.165, 1.54) is 11.1 Å². The summed E-state index contributed by atoms with van der Waals surface area (Å²) < 4.78 is 0. The number of pyridine rings is 1. The van der Waals surface area contributed by atoms with Gasteiger partial charge in [-0.05, 0) is 37.1 Å². The molecule has 2 rings (SSSR count). The number of nitrogens with two attached hydrogens (primary N) is 1. The molecule has 17 heavy (non-hydrogen) atoms. The van der Waals surface area contributed by atoms with Crippen LogP contribution in [0.2, 0.25) is 0 Å². The van der Waals surface area contributed by atoms with Crippen LogP contribution in [0.1, 0.15) is 16.7 Å². The molecule has 0 atom stereocenters. The molecule has 0 saturated carbocycles. The first-order chi connectivity index (χ1) is 8.22. The Kier molecular flexibility index (Phi) is 3.40. The van der Waals surface area contributed by atoms with E-state index >= 15 is 0 Å². The first-order valence-electron chi connectivity index (χ1n) is 5.69. The van der Waals surface area contributed by atoms with Gasteiger partial charge < -0.3 is 11.1 Å². The van der Waals surface area contributed by atoms with Crippen LogP contribution in [0.4, 0.5) is 11.5 Å². The third kappa shape index (κ3) is 2.45. The Hall–Kier alpha value is -1.87. The molecule has 88 valence electrons. The minimum atomic E-state index is 0.487. The number of hydrogen-bond donors (Lipinski definition) is 2. The van der Waals surface area contributed by atoms with Crippen molar-refractivity contribution in [3.05, 3.63) is 53.2 Å². The van der Waals surface area contributed by atoms with E-state index in [0.717, 1.165) is 17.1 Å². The molecule has 0 aliphatic rings. The average Bonchev–Trinajstić information content (AvgIpc) is 2.35. The van der Waals surface area contributed by atoms with Gasteiger partial charge in [0.05, 0.1) is 0 Å². The van der Waals surface area contributed by atoms with Gasteiger partial charge in [0, 0.05) is 24.0 Å².